The summed E-state index contributed by atoms with van der Waals surface area (Å²) < 4.78 is 25.5. The van der Waals surface area contributed by atoms with Crippen molar-refractivity contribution < 1.29 is 13.5 Å². The number of hydrogen-bond donors (Lipinski definition) is 0. The topological polar surface area (TPSA) is 35.3 Å². The maximum atomic E-state index is 14.0. The molecule has 0 saturated heterocycles. The molecule has 5 heteroatoms. The average Bonchev–Trinajstić information content (AvgIpc) is 3.07. The zero-order valence-electron chi connectivity index (χ0n) is 14.0. The first-order valence-electron chi connectivity index (χ1n) is 8.24. The third-order valence-electron chi connectivity index (χ3n) is 4.10. The summed E-state index contributed by atoms with van der Waals surface area (Å²) in [5.41, 5.74) is 2.74. The molecule has 0 amide bonds. The Bertz CT molecular complexity index is 1060. The number of pyridine rings is 1. The van der Waals surface area contributed by atoms with E-state index >= 15 is 0 Å². The molecule has 0 saturated carbocycles. The Morgan fingerprint density at radius 2 is 1.77 bits per heavy atom. The number of aromatic nitrogens is 1. The van der Waals surface area contributed by atoms with Crippen LogP contribution in [0.1, 0.15) is 6.92 Å². The van der Waals surface area contributed by atoms with Gasteiger partial charge in [0.15, 0.2) is 5.82 Å². The Morgan fingerprint density at radius 1 is 1.04 bits per heavy atom. The smallest absolute Gasteiger partial charge is 0.229 e. The molecule has 0 fully saturated rings. The van der Waals surface area contributed by atoms with E-state index in [0.29, 0.717) is 23.5 Å². The van der Waals surface area contributed by atoms with Crippen molar-refractivity contribution in [2.45, 2.75) is 6.92 Å². The second-order valence-electron chi connectivity index (χ2n) is 5.73. The van der Waals surface area contributed by atoms with Gasteiger partial charge in [-0.15, -0.1) is 0 Å². The van der Waals surface area contributed by atoms with E-state index < -0.39 is 5.82 Å². The van der Waals surface area contributed by atoms with Crippen molar-refractivity contribution in [2.75, 3.05) is 6.61 Å². The van der Waals surface area contributed by atoms with Crippen LogP contribution >= 0.6 is 11.6 Å². The fourth-order valence-electron chi connectivity index (χ4n) is 2.96. The highest BCUT2D eigenvalue weighted by Crippen LogP contribution is 2.43. The van der Waals surface area contributed by atoms with Gasteiger partial charge in [0.2, 0.25) is 5.71 Å². The Morgan fingerprint density at radius 3 is 2.46 bits per heavy atom. The zero-order chi connectivity index (χ0) is 18.1. The third-order valence-corrected chi connectivity index (χ3v) is 4.47. The summed E-state index contributed by atoms with van der Waals surface area (Å²) in [6.07, 6.45) is 1.07. The van der Waals surface area contributed by atoms with Gasteiger partial charge in [0.1, 0.15) is 11.5 Å². The third kappa shape index (κ3) is 2.82. The lowest BCUT2D eigenvalue weighted by Gasteiger charge is -2.06. The van der Waals surface area contributed by atoms with E-state index in [2.05, 4.69) is 4.98 Å². The van der Waals surface area contributed by atoms with Crippen molar-refractivity contribution in [3.8, 4) is 28.2 Å². The molecule has 26 heavy (non-hydrogen) atoms. The van der Waals surface area contributed by atoms with E-state index in [9.17, 15) is 4.39 Å². The van der Waals surface area contributed by atoms with Gasteiger partial charge in [0, 0.05) is 11.1 Å². The molecule has 0 bridgehead atoms. The minimum Gasteiger partial charge on any atom is -0.494 e. The molecule has 4 aromatic rings. The predicted molar refractivity (Wildman–Crippen MR) is 101 cm³/mol. The quantitative estimate of drug-likeness (QED) is 0.421. The summed E-state index contributed by atoms with van der Waals surface area (Å²) in [4.78, 5) is 4.07. The number of furan rings is 1. The highest BCUT2D eigenvalue weighted by Gasteiger charge is 2.22. The SMILES string of the molecule is CCOc1ccc(-c2oc3ncc(F)c(Cl)c3c2-c2ccccc2)cc1. The summed E-state index contributed by atoms with van der Waals surface area (Å²) in [5.74, 6) is 0.792. The minimum absolute atomic E-state index is 0.00906. The Hall–Kier alpha value is -2.85. The zero-order valence-corrected chi connectivity index (χ0v) is 14.8. The van der Waals surface area contributed by atoms with Crippen LogP contribution < -0.4 is 4.74 Å². The molecular weight excluding hydrogens is 353 g/mol. The number of hydrogen-bond acceptors (Lipinski definition) is 3. The summed E-state index contributed by atoms with van der Waals surface area (Å²) in [6, 6.07) is 17.2. The van der Waals surface area contributed by atoms with Gasteiger partial charge >= 0.3 is 0 Å². The second kappa shape index (κ2) is 6.81. The van der Waals surface area contributed by atoms with Crippen molar-refractivity contribution in [1.82, 2.24) is 4.98 Å². The molecule has 2 heterocycles. The summed E-state index contributed by atoms with van der Waals surface area (Å²) in [7, 11) is 0. The molecule has 0 spiro atoms. The number of nitrogens with zero attached hydrogens (tertiary/aromatic N) is 1. The van der Waals surface area contributed by atoms with Crippen molar-refractivity contribution >= 4 is 22.7 Å². The molecule has 0 radical (unpaired) electrons. The molecule has 3 nitrogen and oxygen atoms in total. The lowest BCUT2D eigenvalue weighted by molar-refractivity contribution is 0.340. The van der Waals surface area contributed by atoms with Gasteiger partial charge in [-0.05, 0) is 36.8 Å². The summed E-state index contributed by atoms with van der Waals surface area (Å²) in [6.45, 7) is 2.53. The molecule has 0 aliphatic carbocycles. The molecule has 130 valence electrons. The van der Waals surface area contributed by atoms with Gasteiger partial charge in [0.05, 0.1) is 23.2 Å². The van der Waals surface area contributed by atoms with E-state index in [0.717, 1.165) is 28.6 Å². The largest absolute Gasteiger partial charge is 0.494 e. The first kappa shape index (κ1) is 16.6. The van der Waals surface area contributed by atoms with Crippen LogP contribution in [-0.2, 0) is 0 Å². The number of halogens is 2. The lowest BCUT2D eigenvalue weighted by atomic mass is 9.99. The minimum atomic E-state index is -0.574. The van der Waals surface area contributed by atoms with Crippen LogP contribution in [0.5, 0.6) is 5.75 Å². The van der Waals surface area contributed by atoms with E-state index in [1.165, 1.54) is 0 Å². The van der Waals surface area contributed by atoms with Gasteiger partial charge in [-0.2, -0.15) is 0 Å². The summed E-state index contributed by atoms with van der Waals surface area (Å²) >= 11 is 6.25. The molecule has 0 atom stereocenters. The molecule has 0 N–H and O–H groups in total. The molecule has 0 aliphatic heterocycles. The maximum Gasteiger partial charge on any atom is 0.229 e. The maximum absolute atomic E-state index is 14.0. The van der Waals surface area contributed by atoms with E-state index in [-0.39, 0.29) is 5.02 Å². The second-order valence-corrected chi connectivity index (χ2v) is 6.11. The predicted octanol–water partition coefficient (Wildman–Crippen LogP) is 6.35. The highest BCUT2D eigenvalue weighted by molar-refractivity contribution is 6.36. The fraction of sp³-hybridized carbons (Fsp3) is 0.0952. The van der Waals surface area contributed by atoms with Crippen LogP contribution in [0.3, 0.4) is 0 Å². The van der Waals surface area contributed by atoms with Crippen LogP contribution in [0.25, 0.3) is 33.6 Å². The van der Waals surface area contributed by atoms with Crippen LogP contribution in [0.15, 0.2) is 65.2 Å². The Labute approximate surface area is 155 Å². The van der Waals surface area contributed by atoms with Gasteiger partial charge in [-0.3, -0.25) is 0 Å². The van der Waals surface area contributed by atoms with Crippen LogP contribution in [0.2, 0.25) is 5.02 Å². The Balaban J connectivity index is 1.98. The van der Waals surface area contributed by atoms with Crippen LogP contribution in [0, 0.1) is 5.82 Å². The van der Waals surface area contributed by atoms with Gasteiger partial charge in [-0.25, -0.2) is 9.37 Å². The van der Waals surface area contributed by atoms with E-state index in [1.54, 1.807) is 0 Å². The van der Waals surface area contributed by atoms with E-state index in [4.69, 9.17) is 20.8 Å². The molecule has 2 aromatic carbocycles. The molecule has 2 aromatic heterocycles. The average molecular weight is 368 g/mol. The van der Waals surface area contributed by atoms with Crippen molar-refractivity contribution in [2.24, 2.45) is 0 Å². The molecule has 0 unspecified atom stereocenters. The number of ether oxygens (including phenoxy) is 1. The molecule has 4 rings (SSSR count). The number of benzene rings is 2. The fourth-order valence-corrected chi connectivity index (χ4v) is 3.18. The molecule has 0 aliphatic rings. The van der Waals surface area contributed by atoms with Crippen LogP contribution in [0.4, 0.5) is 4.39 Å². The van der Waals surface area contributed by atoms with Gasteiger partial charge in [0.25, 0.3) is 0 Å². The monoisotopic (exact) mass is 367 g/mol. The Kier molecular flexibility index (Phi) is 4.35. The van der Waals surface area contributed by atoms with Crippen LogP contribution in [-0.4, -0.2) is 11.6 Å². The normalized spacial score (nSPS) is 11.0. The summed E-state index contributed by atoms with van der Waals surface area (Å²) in [5, 5.41) is 0.483. The van der Waals surface area contributed by atoms with Crippen molar-refractivity contribution in [1.29, 1.82) is 0 Å². The van der Waals surface area contributed by atoms with Crippen molar-refractivity contribution in [3.05, 3.63) is 71.6 Å². The number of fused-ring (bicyclic) bond motifs is 1. The first-order valence-corrected chi connectivity index (χ1v) is 8.62. The van der Waals surface area contributed by atoms with Gasteiger partial charge in [-0.1, -0.05) is 41.9 Å². The first-order chi connectivity index (χ1) is 12.7. The van der Waals surface area contributed by atoms with Gasteiger partial charge < -0.3 is 9.15 Å². The highest BCUT2D eigenvalue weighted by atomic mass is 35.5. The lowest BCUT2D eigenvalue weighted by Crippen LogP contribution is -1.90. The van der Waals surface area contributed by atoms with E-state index in [1.807, 2.05) is 61.5 Å². The standard InChI is InChI=1S/C21H15ClFNO2/c1-2-25-15-10-8-14(9-11-15)20-17(13-6-4-3-5-7-13)18-19(22)16(23)12-24-21(18)26-20/h3-12H,2H2,1H3. The number of rotatable bonds is 4. The van der Waals surface area contributed by atoms with Crippen molar-refractivity contribution in [3.63, 3.8) is 0 Å². The molecular formula is C21H15ClFNO2.